The first-order valence-electron chi connectivity index (χ1n) is 9.21. The molecular formula is C20H24FN5O. The van der Waals surface area contributed by atoms with Crippen LogP contribution in [0.15, 0.2) is 36.7 Å². The van der Waals surface area contributed by atoms with Crippen molar-refractivity contribution in [3.8, 4) is 0 Å². The smallest absolute Gasteiger partial charge is 0.320 e. The first-order valence-corrected chi connectivity index (χ1v) is 9.21. The average Bonchev–Trinajstić information content (AvgIpc) is 3.19. The number of aromatic nitrogens is 2. The Bertz CT molecular complexity index is 841. The number of carbonyl (C=O) groups is 1. The summed E-state index contributed by atoms with van der Waals surface area (Å²) in [6.07, 6.45) is 3.64. The highest BCUT2D eigenvalue weighted by Crippen LogP contribution is 2.45. The summed E-state index contributed by atoms with van der Waals surface area (Å²) in [5.41, 5.74) is 1.88. The lowest BCUT2D eigenvalue weighted by Gasteiger charge is -2.31. The van der Waals surface area contributed by atoms with E-state index in [9.17, 15) is 9.18 Å². The van der Waals surface area contributed by atoms with Crippen molar-refractivity contribution >= 4 is 12.0 Å². The van der Waals surface area contributed by atoms with Crippen LogP contribution in [0.1, 0.15) is 17.2 Å². The summed E-state index contributed by atoms with van der Waals surface area (Å²) < 4.78 is 13.9. The Kier molecular flexibility index (Phi) is 4.45. The number of nitrogens with zero attached hydrogens (tertiary/aromatic N) is 5. The van der Waals surface area contributed by atoms with Gasteiger partial charge < -0.3 is 14.7 Å². The lowest BCUT2D eigenvalue weighted by Crippen LogP contribution is -2.41. The molecule has 2 saturated heterocycles. The van der Waals surface area contributed by atoms with E-state index in [0.29, 0.717) is 12.5 Å². The number of fused-ring (bicyclic) bond motifs is 1. The van der Waals surface area contributed by atoms with Crippen LogP contribution in [0.3, 0.4) is 0 Å². The van der Waals surface area contributed by atoms with Crippen molar-refractivity contribution in [1.82, 2.24) is 19.8 Å². The molecule has 3 heterocycles. The zero-order valence-corrected chi connectivity index (χ0v) is 15.8. The normalized spacial score (nSPS) is 24.2. The largest absolute Gasteiger partial charge is 0.340 e. The molecule has 0 spiro atoms. The third-order valence-electron chi connectivity index (χ3n) is 5.53. The van der Waals surface area contributed by atoms with Crippen molar-refractivity contribution in [2.45, 2.75) is 13.0 Å². The lowest BCUT2D eigenvalue weighted by atomic mass is 9.89. The van der Waals surface area contributed by atoms with Gasteiger partial charge in [-0.3, -0.25) is 0 Å². The van der Waals surface area contributed by atoms with Gasteiger partial charge in [0.05, 0.1) is 6.04 Å². The minimum absolute atomic E-state index is 0.0307. The standard InChI is InChI=1S/C20H24FN5O/c1-13-8-22-19(23-9-13)25-10-15-11-26(20(27)24(2)3)18(17(15)12-25)14-5-4-6-16(21)7-14/h4-9,15,17-18H,10-12H2,1-3H3/t15-,17-,18-/m1/s1. The van der Waals surface area contributed by atoms with Crippen LogP contribution in [0.25, 0.3) is 0 Å². The maximum absolute atomic E-state index is 13.9. The molecule has 2 aliphatic heterocycles. The quantitative estimate of drug-likeness (QED) is 0.817. The second-order valence-electron chi connectivity index (χ2n) is 7.72. The number of halogens is 1. The van der Waals surface area contributed by atoms with E-state index >= 15 is 0 Å². The Morgan fingerprint density at radius 2 is 1.93 bits per heavy atom. The topological polar surface area (TPSA) is 52.6 Å². The number of urea groups is 1. The van der Waals surface area contributed by atoms with Crippen molar-refractivity contribution in [3.63, 3.8) is 0 Å². The average molecular weight is 369 g/mol. The highest BCUT2D eigenvalue weighted by atomic mass is 19.1. The van der Waals surface area contributed by atoms with Gasteiger partial charge >= 0.3 is 6.03 Å². The van der Waals surface area contributed by atoms with Crippen molar-refractivity contribution in [2.24, 2.45) is 11.8 Å². The molecule has 2 aromatic rings. The maximum atomic E-state index is 13.9. The molecule has 142 valence electrons. The minimum Gasteiger partial charge on any atom is -0.340 e. The van der Waals surface area contributed by atoms with Gasteiger partial charge in [0.15, 0.2) is 0 Å². The molecule has 0 radical (unpaired) electrons. The molecule has 27 heavy (non-hydrogen) atoms. The molecule has 0 N–H and O–H groups in total. The number of rotatable bonds is 2. The van der Waals surface area contributed by atoms with Gasteiger partial charge in [-0.1, -0.05) is 12.1 Å². The molecule has 0 unspecified atom stereocenters. The zero-order valence-electron chi connectivity index (χ0n) is 15.8. The molecule has 4 rings (SSSR count). The van der Waals surface area contributed by atoms with Crippen LogP contribution in [0, 0.1) is 24.6 Å². The Labute approximate surface area is 158 Å². The molecule has 2 fully saturated rings. The maximum Gasteiger partial charge on any atom is 0.320 e. The molecule has 1 aromatic heterocycles. The number of amides is 2. The third-order valence-corrected chi connectivity index (χ3v) is 5.53. The van der Waals surface area contributed by atoms with Crippen molar-refractivity contribution < 1.29 is 9.18 Å². The van der Waals surface area contributed by atoms with E-state index in [0.717, 1.165) is 30.2 Å². The number of anilines is 1. The summed E-state index contributed by atoms with van der Waals surface area (Å²) in [4.78, 5) is 27.3. The van der Waals surface area contributed by atoms with E-state index in [1.807, 2.05) is 30.3 Å². The van der Waals surface area contributed by atoms with Crippen molar-refractivity contribution in [1.29, 1.82) is 0 Å². The van der Waals surface area contributed by atoms with Gasteiger partial charge in [0.2, 0.25) is 5.95 Å². The van der Waals surface area contributed by atoms with Gasteiger partial charge in [-0.2, -0.15) is 0 Å². The number of hydrogen-bond acceptors (Lipinski definition) is 4. The van der Waals surface area contributed by atoms with Gasteiger partial charge in [0.1, 0.15) is 5.82 Å². The highest BCUT2D eigenvalue weighted by Gasteiger charge is 2.50. The summed E-state index contributed by atoms with van der Waals surface area (Å²) in [5, 5.41) is 0. The van der Waals surface area contributed by atoms with E-state index in [4.69, 9.17) is 0 Å². The van der Waals surface area contributed by atoms with Crippen LogP contribution in [-0.2, 0) is 0 Å². The molecule has 7 heteroatoms. The number of hydrogen-bond donors (Lipinski definition) is 0. The lowest BCUT2D eigenvalue weighted by molar-refractivity contribution is 0.159. The Morgan fingerprint density at radius 3 is 2.59 bits per heavy atom. The first kappa shape index (κ1) is 17.7. The Balaban J connectivity index is 1.64. The zero-order chi connectivity index (χ0) is 19.1. The number of likely N-dealkylation sites (tertiary alicyclic amines) is 1. The molecule has 0 aliphatic carbocycles. The van der Waals surface area contributed by atoms with Gasteiger partial charge in [0, 0.05) is 58.0 Å². The number of aryl methyl sites for hydroxylation is 1. The van der Waals surface area contributed by atoms with Crippen LogP contribution in [-0.4, -0.2) is 59.5 Å². The van der Waals surface area contributed by atoms with E-state index in [2.05, 4.69) is 14.9 Å². The molecule has 2 aliphatic rings. The minimum atomic E-state index is -0.273. The van der Waals surface area contributed by atoms with Gasteiger partial charge in [0.25, 0.3) is 0 Å². The number of benzene rings is 1. The van der Waals surface area contributed by atoms with Crippen LogP contribution >= 0.6 is 0 Å². The van der Waals surface area contributed by atoms with E-state index in [1.165, 1.54) is 6.07 Å². The first-order chi connectivity index (χ1) is 12.9. The predicted octanol–water partition coefficient (Wildman–Crippen LogP) is 2.72. The molecule has 0 saturated carbocycles. The SMILES string of the molecule is Cc1cnc(N2C[C@@H]3CN(C(=O)N(C)C)[C@H](c4cccc(F)c4)[C@@H]3C2)nc1. The van der Waals surface area contributed by atoms with E-state index in [-0.39, 0.29) is 23.8 Å². The van der Waals surface area contributed by atoms with Crippen LogP contribution in [0.2, 0.25) is 0 Å². The summed E-state index contributed by atoms with van der Waals surface area (Å²) in [5.74, 6) is 0.982. The Hall–Kier alpha value is -2.70. The molecule has 6 nitrogen and oxygen atoms in total. The fourth-order valence-corrected chi connectivity index (χ4v) is 4.33. The van der Waals surface area contributed by atoms with E-state index < -0.39 is 0 Å². The van der Waals surface area contributed by atoms with Gasteiger partial charge in [-0.05, 0) is 30.2 Å². The summed E-state index contributed by atoms with van der Waals surface area (Å²) >= 11 is 0. The Morgan fingerprint density at radius 1 is 1.19 bits per heavy atom. The second-order valence-corrected chi connectivity index (χ2v) is 7.72. The molecular weight excluding hydrogens is 345 g/mol. The second kappa shape index (κ2) is 6.79. The summed E-state index contributed by atoms with van der Waals surface area (Å²) in [6, 6.07) is 6.44. The van der Waals surface area contributed by atoms with Gasteiger partial charge in [-0.15, -0.1) is 0 Å². The fourth-order valence-electron chi connectivity index (χ4n) is 4.33. The van der Waals surface area contributed by atoms with Crippen LogP contribution < -0.4 is 4.90 Å². The summed E-state index contributed by atoms with van der Waals surface area (Å²) in [6.45, 7) is 4.18. The number of carbonyl (C=O) groups excluding carboxylic acids is 1. The van der Waals surface area contributed by atoms with Crippen molar-refractivity contribution in [2.75, 3.05) is 38.6 Å². The molecule has 3 atom stereocenters. The van der Waals surface area contributed by atoms with E-state index in [1.54, 1.807) is 31.1 Å². The highest BCUT2D eigenvalue weighted by molar-refractivity contribution is 5.75. The molecule has 1 aromatic carbocycles. The summed E-state index contributed by atoms with van der Waals surface area (Å²) in [7, 11) is 3.51. The molecule has 0 bridgehead atoms. The monoisotopic (exact) mass is 369 g/mol. The fraction of sp³-hybridized carbons (Fsp3) is 0.450. The molecule has 2 amide bonds. The van der Waals surface area contributed by atoms with Crippen molar-refractivity contribution in [3.05, 3.63) is 53.6 Å². The third kappa shape index (κ3) is 3.22. The van der Waals surface area contributed by atoms with Crippen LogP contribution in [0.5, 0.6) is 0 Å². The predicted molar refractivity (Wildman–Crippen MR) is 101 cm³/mol. The van der Waals surface area contributed by atoms with Gasteiger partial charge in [-0.25, -0.2) is 19.2 Å². The van der Waals surface area contributed by atoms with Crippen LogP contribution in [0.4, 0.5) is 15.1 Å².